The molecule has 2 aromatic carbocycles. The second-order valence-corrected chi connectivity index (χ2v) is 14.3. The number of likely N-dealkylation sites (N-methyl/N-ethyl adjacent to an activating group) is 1. The van der Waals surface area contributed by atoms with Gasteiger partial charge in [-0.25, -0.2) is 6.57 Å². The van der Waals surface area contributed by atoms with Gasteiger partial charge in [0.05, 0.1) is 17.3 Å². The number of anilines is 2. The molecule has 1 spiro atoms. The predicted octanol–water partition coefficient (Wildman–Crippen LogP) is 6.00. The Kier molecular flexibility index (Phi) is 8.75. The molecule has 2 aliphatic carbocycles. The van der Waals surface area contributed by atoms with Gasteiger partial charge in [-0.3, -0.25) is 9.69 Å². The molecule has 4 aliphatic rings. The molecule has 1 amide bonds. The predicted molar refractivity (Wildman–Crippen MR) is 187 cm³/mol. The summed E-state index contributed by atoms with van der Waals surface area (Å²) in [6.07, 6.45) is 8.66. The second kappa shape index (κ2) is 13.0. The third kappa shape index (κ3) is 6.14. The number of carbonyl (C=O) groups excluding carboxylic acids is 1. The van der Waals surface area contributed by atoms with Crippen molar-refractivity contribution in [1.82, 2.24) is 19.8 Å². The van der Waals surface area contributed by atoms with E-state index in [4.69, 9.17) is 32.9 Å². The van der Waals surface area contributed by atoms with Crippen LogP contribution in [0.3, 0.4) is 0 Å². The SMILES string of the molecule is [C-]#[N+]C[C@H]1CN(c2nc(O[C@@H](C)CN(C)C3CCCC34CC4)nc3c2CCN(c2cccc4cccc(Cl)c24)C3)CCN1C(=O)C=C. The minimum Gasteiger partial charge on any atom is -0.459 e. The van der Waals surface area contributed by atoms with Crippen LogP contribution in [0.5, 0.6) is 6.01 Å². The van der Waals surface area contributed by atoms with Crippen molar-refractivity contribution in [3.63, 3.8) is 0 Å². The summed E-state index contributed by atoms with van der Waals surface area (Å²) >= 11 is 6.75. The largest absolute Gasteiger partial charge is 0.459 e. The summed E-state index contributed by atoms with van der Waals surface area (Å²) in [6, 6.07) is 13.1. The normalized spacial score (nSPS) is 22.3. The molecule has 7 rings (SSSR count). The van der Waals surface area contributed by atoms with E-state index in [1.165, 1.54) is 38.2 Å². The number of halogens is 1. The van der Waals surface area contributed by atoms with E-state index in [1.807, 2.05) is 12.1 Å². The second-order valence-electron chi connectivity index (χ2n) is 13.9. The molecule has 1 saturated heterocycles. The van der Waals surface area contributed by atoms with Crippen LogP contribution in [0.4, 0.5) is 11.5 Å². The molecule has 2 saturated carbocycles. The number of amides is 1. The van der Waals surface area contributed by atoms with Gasteiger partial charge in [0.15, 0.2) is 0 Å². The molecule has 2 aliphatic heterocycles. The number of benzene rings is 2. The van der Waals surface area contributed by atoms with Crippen LogP contribution in [-0.2, 0) is 17.8 Å². The topological polar surface area (TPSA) is 69.4 Å². The molecule has 3 atom stereocenters. The minimum atomic E-state index is -0.242. The number of ether oxygens (including phenoxy) is 1. The first-order valence-corrected chi connectivity index (χ1v) is 17.4. The molecule has 0 radical (unpaired) electrons. The van der Waals surface area contributed by atoms with Crippen molar-refractivity contribution in [2.24, 2.45) is 5.41 Å². The van der Waals surface area contributed by atoms with Crippen molar-refractivity contribution < 1.29 is 9.53 Å². The molecule has 1 unspecified atom stereocenters. The third-order valence-corrected chi connectivity index (χ3v) is 11.2. The summed E-state index contributed by atoms with van der Waals surface area (Å²) in [4.78, 5) is 35.3. The Hall–Kier alpha value is -3.87. The average molecular weight is 654 g/mol. The Morgan fingerprint density at radius 2 is 2.00 bits per heavy atom. The monoisotopic (exact) mass is 653 g/mol. The summed E-state index contributed by atoms with van der Waals surface area (Å²) in [5.74, 6) is 0.721. The number of fused-ring (bicyclic) bond motifs is 2. The fraction of sp³-hybridized carbons (Fsp3) is 0.514. The van der Waals surface area contributed by atoms with E-state index < -0.39 is 0 Å². The number of nitrogens with zero attached hydrogens (tertiary/aromatic N) is 7. The Morgan fingerprint density at radius 1 is 1.19 bits per heavy atom. The van der Waals surface area contributed by atoms with E-state index in [9.17, 15) is 4.79 Å². The van der Waals surface area contributed by atoms with Gasteiger partial charge in [-0.2, -0.15) is 9.97 Å². The number of carbonyl (C=O) groups is 1. The molecule has 9 nitrogen and oxygen atoms in total. The lowest BCUT2D eigenvalue weighted by Crippen LogP contribution is -2.56. The van der Waals surface area contributed by atoms with Gasteiger partial charge in [-0.15, -0.1) is 0 Å². The zero-order chi connectivity index (χ0) is 32.7. The van der Waals surface area contributed by atoms with Gasteiger partial charge in [0.2, 0.25) is 12.5 Å². The molecular formula is C37H44ClN7O2. The highest BCUT2D eigenvalue weighted by atomic mass is 35.5. The number of piperazine rings is 1. The zero-order valence-corrected chi connectivity index (χ0v) is 28.3. The summed E-state index contributed by atoms with van der Waals surface area (Å²) in [5, 5.41) is 2.90. The molecule has 3 heterocycles. The summed E-state index contributed by atoms with van der Waals surface area (Å²) in [7, 11) is 2.24. The van der Waals surface area contributed by atoms with Crippen molar-refractivity contribution in [3.05, 3.63) is 76.8 Å². The number of hydrogen-bond donors (Lipinski definition) is 0. The molecule has 246 valence electrons. The first-order valence-electron chi connectivity index (χ1n) is 17.0. The summed E-state index contributed by atoms with van der Waals surface area (Å²) < 4.78 is 6.56. The van der Waals surface area contributed by atoms with E-state index >= 15 is 0 Å². The molecular weight excluding hydrogens is 610 g/mol. The van der Waals surface area contributed by atoms with Gasteiger partial charge in [-0.05, 0) is 75.1 Å². The molecule has 3 fully saturated rings. The Balaban J connectivity index is 1.19. The molecule has 1 aromatic heterocycles. The van der Waals surface area contributed by atoms with Crippen molar-refractivity contribution in [3.8, 4) is 6.01 Å². The van der Waals surface area contributed by atoms with Crippen LogP contribution < -0.4 is 14.5 Å². The van der Waals surface area contributed by atoms with Crippen LogP contribution in [0.15, 0.2) is 49.1 Å². The van der Waals surface area contributed by atoms with Crippen LogP contribution in [0.1, 0.15) is 50.3 Å². The van der Waals surface area contributed by atoms with Crippen LogP contribution >= 0.6 is 11.6 Å². The van der Waals surface area contributed by atoms with Crippen LogP contribution in [0, 0.1) is 12.0 Å². The van der Waals surface area contributed by atoms with Crippen molar-refractivity contribution in [1.29, 1.82) is 0 Å². The minimum absolute atomic E-state index is 0.0872. The summed E-state index contributed by atoms with van der Waals surface area (Å²) in [5.41, 5.74) is 3.68. The molecule has 3 aromatic rings. The maximum absolute atomic E-state index is 12.6. The van der Waals surface area contributed by atoms with Crippen LogP contribution in [0.25, 0.3) is 15.6 Å². The van der Waals surface area contributed by atoms with Gasteiger partial charge in [0, 0.05) is 55.4 Å². The maximum atomic E-state index is 12.6. The first kappa shape index (κ1) is 31.7. The van der Waals surface area contributed by atoms with Crippen molar-refractivity contribution in [2.45, 2.75) is 70.2 Å². The average Bonchev–Trinajstić information content (AvgIpc) is 3.73. The van der Waals surface area contributed by atoms with Crippen molar-refractivity contribution >= 4 is 39.8 Å². The van der Waals surface area contributed by atoms with Crippen LogP contribution in [0.2, 0.25) is 5.02 Å². The van der Waals surface area contributed by atoms with Crippen LogP contribution in [-0.4, -0.2) is 90.2 Å². The van der Waals surface area contributed by atoms with E-state index in [2.05, 4.69) is 64.4 Å². The maximum Gasteiger partial charge on any atom is 0.318 e. The fourth-order valence-corrected chi connectivity index (χ4v) is 8.75. The third-order valence-electron chi connectivity index (χ3n) is 10.9. The Morgan fingerprint density at radius 3 is 2.77 bits per heavy atom. The molecule has 10 heteroatoms. The van der Waals surface area contributed by atoms with E-state index in [0.29, 0.717) is 43.6 Å². The van der Waals surface area contributed by atoms with Gasteiger partial charge < -0.3 is 24.3 Å². The lowest BCUT2D eigenvalue weighted by molar-refractivity contribution is -0.128. The number of hydrogen-bond acceptors (Lipinski definition) is 7. The molecule has 47 heavy (non-hydrogen) atoms. The highest BCUT2D eigenvalue weighted by Gasteiger charge is 2.53. The highest BCUT2D eigenvalue weighted by Crippen LogP contribution is 2.59. The van der Waals surface area contributed by atoms with E-state index in [1.54, 1.807) is 4.90 Å². The molecule has 0 bridgehead atoms. The number of rotatable bonds is 9. The highest BCUT2D eigenvalue weighted by molar-refractivity contribution is 6.36. The summed E-state index contributed by atoms with van der Waals surface area (Å²) in [6.45, 7) is 17.4. The standard InChI is InChI=1S/C37H44ClN7O2/c1-5-33(46)45-20-19-44(23-27(45)21-39-3)35-28-14-18-43(31-12-7-10-26-9-6-11-29(38)34(26)31)24-30(28)40-36(41-35)47-25(2)22-42(4)32-13-8-15-37(32)16-17-37/h5-7,9-12,25,27,32H,1,8,13-24H2,2,4H3/t25-,27-,32?/m0/s1. The Labute approximate surface area is 283 Å². The van der Waals surface area contributed by atoms with Gasteiger partial charge >= 0.3 is 6.01 Å². The fourth-order valence-electron chi connectivity index (χ4n) is 8.47. The Bertz CT molecular complexity index is 1710. The lowest BCUT2D eigenvalue weighted by Gasteiger charge is -2.41. The molecule has 0 N–H and O–H groups in total. The van der Waals surface area contributed by atoms with E-state index in [-0.39, 0.29) is 24.6 Å². The quantitative estimate of drug-likeness (QED) is 0.207. The van der Waals surface area contributed by atoms with E-state index in [0.717, 1.165) is 58.1 Å². The first-order chi connectivity index (χ1) is 22.8. The van der Waals surface area contributed by atoms with Gasteiger partial charge in [-0.1, -0.05) is 48.9 Å². The number of aromatic nitrogens is 2. The smallest absolute Gasteiger partial charge is 0.318 e. The van der Waals surface area contributed by atoms with Gasteiger partial charge in [0.25, 0.3) is 0 Å². The van der Waals surface area contributed by atoms with Gasteiger partial charge in [0.1, 0.15) is 18.0 Å². The van der Waals surface area contributed by atoms with Crippen molar-refractivity contribution in [2.75, 3.05) is 56.1 Å². The lowest BCUT2D eigenvalue weighted by atomic mass is 9.99. The zero-order valence-electron chi connectivity index (χ0n) is 27.5.